The minimum atomic E-state index is -0.291. The molecule has 90 valence electrons. The third-order valence-corrected chi connectivity index (χ3v) is 2.69. The van der Waals surface area contributed by atoms with E-state index in [0.717, 1.165) is 5.82 Å². The van der Waals surface area contributed by atoms with Crippen molar-refractivity contribution in [3.63, 3.8) is 0 Å². The highest BCUT2D eigenvalue weighted by Crippen LogP contribution is 2.10. The Morgan fingerprint density at radius 3 is 2.69 bits per heavy atom. The number of carbonyl (C=O) groups excluding carboxylic acids is 1. The normalized spacial score (nSPS) is 13.1. The lowest BCUT2D eigenvalue weighted by Gasteiger charge is -2.17. The summed E-state index contributed by atoms with van der Waals surface area (Å²) in [4.78, 5) is 16.0. The molecule has 1 aromatic heterocycles. The van der Waals surface area contributed by atoms with Crippen LogP contribution in [-0.4, -0.2) is 28.5 Å². The van der Waals surface area contributed by atoms with E-state index in [2.05, 4.69) is 4.98 Å². The number of hydrogen-bond acceptors (Lipinski definition) is 3. The molecule has 1 rings (SSSR count). The number of imidazole rings is 1. The minimum Gasteiger partial charge on any atom is -0.373 e. The van der Waals surface area contributed by atoms with Gasteiger partial charge in [0.05, 0.1) is 0 Å². The Labute approximate surface area is 96.6 Å². The van der Waals surface area contributed by atoms with Crippen molar-refractivity contribution >= 4 is 5.78 Å². The zero-order valence-electron chi connectivity index (χ0n) is 10.4. The number of nitrogens with zero attached hydrogens (tertiary/aromatic N) is 2. The van der Waals surface area contributed by atoms with Crippen molar-refractivity contribution in [2.75, 3.05) is 7.11 Å². The third-order valence-electron chi connectivity index (χ3n) is 2.69. The van der Waals surface area contributed by atoms with Crippen LogP contribution in [0.2, 0.25) is 0 Å². The number of ether oxygens (including phenoxy) is 1. The zero-order valence-corrected chi connectivity index (χ0v) is 10.4. The molecule has 0 aliphatic heterocycles. The van der Waals surface area contributed by atoms with E-state index in [1.54, 1.807) is 13.3 Å². The number of carbonyl (C=O) groups is 1. The van der Waals surface area contributed by atoms with Crippen LogP contribution in [0.3, 0.4) is 0 Å². The summed E-state index contributed by atoms with van der Waals surface area (Å²) in [6, 6.07) is 0. The largest absolute Gasteiger partial charge is 0.373 e. The van der Waals surface area contributed by atoms with Gasteiger partial charge in [-0.2, -0.15) is 0 Å². The first kappa shape index (κ1) is 12.9. The van der Waals surface area contributed by atoms with E-state index in [-0.39, 0.29) is 17.8 Å². The van der Waals surface area contributed by atoms with E-state index in [4.69, 9.17) is 4.74 Å². The lowest BCUT2D eigenvalue weighted by atomic mass is 10.00. The van der Waals surface area contributed by atoms with Crippen LogP contribution in [0.1, 0.15) is 26.1 Å². The number of aryl methyl sites for hydroxylation is 2. The first-order valence-corrected chi connectivity index (χ1v) is 5.58. The van der Waals surface area contributed by atoms with Gasteiger partial charge in [-0.3, -0.25) is 4.79 Å². The highest BCUT2D eigenvalue weighted by Gasteiger charge is 2.21. The van der Waals surface area contributed by atoms with E-state index in [9.17, 15) is 4.79 Å². The van der Waals surface area contributed by atoms with Crippen LogP contribution >= 0.6 is 0 Å². The number of aromatic nitrogens is 2. The molecule has 0 amide bonds. The molecular weight excluding hydrogens is 204 g/mol. The van der Waals surface area contributed by atoms with Gasteiger partial charge in [-0.15, -0.1) is 0 Å². The monoisotopic (exact) mass is 224 g/mol. The summed E-state index contributed by atoms with van der Waals surface area (Å²) in [6.45, 7) is 3.99. The molecule has 0 radical (unpaired) electrons. The van der Waals surface area contributed by atoms with Crippen LogP contribution in [-0.2, 0) is 23.0 Å². The maximum atomic E-state index is 11.9. The fraction of sp³-hybridized carbons (Fsp3) is 0.667. The average Bonchev–Trinajstić information content (AvgIpc) is 2.61. The fourth-order valence-electron chi connectivity index (χ4n) is 1.79. The summed E-state index contributed by atoms with van der Waals surface area (Å²) < 4.78 is 7.13. The van der Waals surface area contributed by atoms with Crippen molar-refractivity contribution in [2.45, 2.75) is 32.8 Å². The molecule has 1 unspecified atom stereocenters. The summed E-state index contributed by atoms with van der Waals surface area (Å²) in [5.74, 6) is 1.31. The Morgan fingerprint density at radius 2 is 2.25 bits per heavy atom. The number of Topliss-reactive ketones (excluding diaryl/α,β-unsaturated/α-hetero) is 1. The molecule has 0 aromatic carbocycles. The van der Waals surface area contributed by atoms with Crippen LogP contribution in [0, 0.1) is 5.92 Å². The summed E-state index contributed by atoms with van der Waals surface area (Å²) in [5, 5.41) is 0. The number of rotatable bonds is 6. The van der Waals surface area contributed by atoms with Crippen molar-refractivity contribution in [2.24, 2.45) is 13.0 Å². The second kappa shape index (κ2) is 5.80. The topological polar surface area (TPSA) is 44.1 Å². The smallest absolute Gasteiger partial charge is 0.162 e. The Bertz CT molecular complexity index is 345. The molecule has 0 saturated heterocycles. The number of ketones is 1. The molecule has 16 heavy (non-hydrogen) atoms. The van der Waals surface area contributed by atoms with Gasteiger partial charge in [0, 0.05) is 39.4 Å². The predicted octanol–water partition coefficient (Wildman–Crippen LogP) is 1.59. The van der Waals surface area contributed by atoms with Gasteiger partial charge in [-0.25, -0.2) is 4.98 Å². The molecule has 0 spiro atoms. The van der Waals surface area contributed by atoms with Gasteiger partial charge in [0.1, 0.15) is 11.9 Å². The summed E-state index contributed by atoms with van der Waals surface area (Å²) in [6.07, 6.45) is 4.50. The van der Waals surface area contributed by atoms with Crippen molar-refractivity contribution in [3.8, 4) is 0 Å². The predicted molar refractivity (Wildman–Crippen MR) is 62.2 cm³/mol. The molecule has 0 aliphatic carbocycles. The Hall–Kier alpha value is -1.16. The lowest BCUT2D eigenvalue weighted by molar-refractivity contribution is -0.131. The van der Waals surface area contributed by atoms with E-state index < -0.39 is 0 Å². The molecule has 0 N–H and O–H groups in total. The van der Waals surface area contributed by atoms with Crippen molar-refractivity contribution < 1.29 is 9.53 Å². The molecular formula is C12H20N2O2. The van der Waals surface area contributed by atoms with Gasteiger partial charge in [0.25, 0.3) is 0 Å². The van der Waals surface area contributed by atoms with Crippen molar-refractivity contribution in [1.29, 1.82) is 0 Å². The van der Waals surface area contributed by atoms with Crippen molar-refractivity contribution in [1.82, 2.24) is 9.55 Å². The van der Waals surface area contributed by atoms with Crippen LogP contribution in [0.5, 0.6) is 0 Å². The molecule has 0 fully saturated rings. The van der Waals surface area contributed by atoms with Crippen LogP contribution in [0.4, 0.5) is 0 Å². The molecule has 1 atom stereocenters. The molecule has 0 saturated carbocycles. The SMILES string of the molecule is COC(C(=O)CCc1nccn1C)C(C)C. The second-order valence-electron chi connectivity index (χ2n) is 4.32. The van der Waals surface area contributed by atoms with E-state index in [0.29, 0.717) is 12.8 Å². The zero-order chi connectivity index (χ0) is 12.1. The van der Waals surface area contributed by atoms with Crippen molar-refractivity contribution in [3.05, 3.63) is 18.2 Å². The van der Waals surface area contributed by atoms with Crippen LogP contribution < -0.4 is 0 Å². The summed E-state index contributed by atoms with van der Waals surface area (Å²) >= 11 is 0. The van der Waals surface area contributed by atoms with Gasteiger partial charge in [-0.1, -0.05) is 13.8 Å². The van der Waals surface area contributed by atoms with Gasteiger partial charge >= 0.3 is 0 Å². The van der Waals surface area contributed by atoms with Crippen LogP contribution in [0.25, 0.3) is 0 Å². The highest BCUT2D eigenvalue weighted by molar-refractivity contribution is 5.83. The van der Waals surface area contributed by atoms with E-state index >= 15 is 0 Å². The van der Waals surface area contributed by atoms with Gasteiger partial charge in [0.2, 0.25) is 0 Å². The number of methoxy groups -OCH3 is 1. The molecule has 1 aromatic rings. The van der Waals surface area contributed by atoms with Crippen LogP contribution in [0.15, 0.2) is 12.4 Å². The van der Waals surface area contributed by atoms with E-state index in [1.807, 2.05) is 31.7 Å². The molecule has 4 heteroatoms. The minimum absolute atomic E-state index is 0.153. The van der Waals surface area contributed by atoms with E-state index in [1.165, 1.54) is 0 Å². The standard InChI is InChI=1S/C12H20N2O2/c1-9(2)12(16-4)10(15)5-6-11-13-7-8-14(11)3/h7-9,12H,5-6H2,1-4H3. The summed E-state index contributed by atoms with van der Waals surface area (Å²) in [7, 11) is 3.52. The fourth-order valence-corrected chi connectivity index (χ4v) is 1.79. The quantitative estimate of drug-likeness (QED) is 0.737. The van der Waals surface area contributed by atoms with Gasteiger partial charge in [0.15, 0.2) is 5.78 Å². The first-order valence-electron chi connectivity index (χ1n) is 5.58. The third kappa shape index (κ3) is 3.17. The maximum absolute atomic E-state index is 11.9. The highest BCUT2D eigenvalue weighted by atomic mass is 16.5. The molecule has 4 nitrogen and oxygen atoms in total. The molecule has 0 aliphatic rings. The maximum Gasteiger partial charge on any atom is 0.162 e. The lowest BCUT2D eigenvalue weighted by Crippen LogP contribution is -2.28. The second-order valence-corrected chi connectivity index (χ2v) is 4.32. The average molecular weight is 224 g/mol. The van der Waals surface area contributed by atoms with Gasteiger partial charge in [-0.05, 0) is 5.92 Å². The summed E-state index contributed by atoms with van der Waals surface area (Å²) in [5.41, 5.74) is 0. The number of hydrogen-bond donors (Lipinski definition) is 0. The Kier molecular flexibility index (Phi) is 4.68. The first-order chi connectivity index (χ1) is 7.56. The molecule has 1 heterocycles. The molecule has 0 bridgehead atoms. The van der Waals surface area contributed by atoms with Gasteiger partial charge < -0.3 is 9.30 Å². The Balaban J connectivity index is 2.49. The Morgan fingerprint density at radius 1 is 1.56 bits per heavy atom.